The number of benzene rings is 1. The molecule has 0 aliphatic rings. The summed E-state index contributed by atoms with van der Waals surface area (Å²) in [5.41, 5.74) is 1.27. The number of hydrogen-bond donors (Lipinski definition) is 3. The predicted molar refractivity (Wildman–Crippen MR) is 107 cm³/mol. The van der Waals surface area contributed by atoms with Crippen molar-refractivity contribution >= 4 is 39.8 Å². The molecule has 1 aromatic carbocycles. The van der Waals surface area contributed by atoms with Crippen LogP contribution >= 0.6 is 22.5 Å². The number of nitriles is 1. The van der Waals surface area contributed by atoms with Crippen LogP contribution in [0.25, 0.3) is 0 Å². The molecule has 2 atom stereocenters. The Balaban J connectivity index is 1.92. The zero-order valence-corrected chi connectivity index (χ0v) is 16.3. The second-order valence-electron chi connectivity index (χ2n) is 5.92. The van der Waals surface area contributed by atoms with Gasteiger partial charge in [-0.2, -0.15) is 5.26 Å². The Morgan fingerprint density at radius 3 is 2.70 bits per heavy atom. The summed E-state index contributed by atoms with van der Waals surface area (Å²) in [6.45, 7) is 7.94. The molecule has 0 saturated heterocycles. The first-order chi connectivity index (χ1) is 12.9. The van der Waals surface area contributed by atoms with Crippen LogP contribution in [-0.4, -0.2) is 18.4 Å². The first kappa shape index (κ1) is 18.8. The summed E-state index contributed by atoms with van der Waals surface area (Å²) < 4.78 is 19.9. The Bertz CT molecular complexity index is 1030. The molecule has 3 aromatic rings. The SMILES string of the molecule is C=C(C)C(Nc1n[s+]([O-])nc1Nc1cccc(C#N)c1O)c1ccc(C)s1. The van der Waals surface area contributed by atoms with Gasteiger partial charge >= 0.3 is 0 Å². The summed E-state index contributed by atoms with van der Waals surface area (Å²) in [7, 11) is 0. The van der Waals surface area contributed by atoms with Crippen LogP contribution in [0, 0.1) is 18.3 Å². The maximum absolute atomic E-state index is 11.9. The molecule has 0 amide bonds. The summed E-state index contributed by atoms with van der Waals surface area (Å²) in [6.07, 6.45) is 0. The van der Waals surface area contributed by atoms with Crippen LogP contribution in [0.3, 0.4) is 0 Å². The third-order valence-corrected chi connectivity index (χ3v) is 5.54. The fourth-order valence-electron chi connectivity index (χ4n) is 2.48. The standard InChI is InChI=1S/C18H17N5O2S2/c1-10(2)15(14-8-7-11(3)26-14)21-18-17(22-27(25)23-18)20-13-6-4-5-12(9-19)16(13)24/h4-8,15,24H,1H2,2-3H3,(H,20,22)(H,21,23). The van der Waals surface area contributed by atoms with Crippen molar-refractivity contribution in [3.05, 3.63) is 57.8 Å². The molecule has 7 nitrogen and oxygen atoms in total. The maximum atomic E-state index is 11.9. The van der Waals surface area contributed by atoms with Gasteiger partial charge in [-0.1, -0.05) is 18.2 Å². The lowest BCUT2D eigenvalue weighted by molar-refractivity contribution is 0.476. The third-order valence-electron chi connectivity index (χ3n) is 3.79. The molecule has 0 aliphatic heterocycles. The molecule has 0 bridgehead atoms. The Morgan fingerprint density at radius 1 is 1.33 bits per heavy atom. The van der Waals surface area contributed by atoms with E-state index in [0.29, 0.717) is 5.82 Å². The molecule has 3 N–H and O–H groups in total. The Labute approximate surface area is 163 Å². The summed E-state index contributed by atoms with van der Waals surface area (Å²) >= 11 is -0.143. The number of nitrogens with one attached hydrogen (secondary N) is 2. The number of phenols is 1. The zero-order chi connectivity index (χ0) is 19.6. The van der Waals surface area contributed by atoms with Crippen LogP contribution in [0.1, 0.15) is 28.3 Å². The Kier molecular flexibility index (Phi) is 5.41. The first-order valence-corrected chi connectivity index (χ1v) is 9.84. The van der Waals surface area contributed by atoms with Crippen molar-refractivity contribution in [1.29, 1.82) is 5.26 Å². The molecule has 27 heavy (non-hydrogen) atoms. The topological polar surface area (TPSA) is 117 Å². The molecule has 0 fully saturated rings. The fraction of sp³-hybridized carbons (Fsp3) is 0.167. The van der Waals surface area contributed by atoms with E-state index in [0.717, 1.165) is 10.5 Å². The van der Waals surface area contributed by atoms with Gasteiger partial charge in [0.15, 0.2) is 16.9 Å². The second kappa shape index (κ2) is 7.75. The number of thiophene rings is 1. The average molecular weight is 400 g/mol. The molecule has 0 radical (unpaired) electrons. The Morgan fingerprint density at radius 2 is 2.07 bits per heavy atom. The summed E-state index contributed by atoms with van der Waals surface area (Å²) in [5.74, 6) is 0.317. The summed E-state index contributed by atoms with van der Waals surface area (Å²) in [4.78, 5) is 2.22. The van der Waals surface area contributed by atoms with Gasteiger partial charge in [-0.3, -0.25) is 0 Å². The molecule has 2 aromatic heterocycles. The minimum Gasteiger partial charge on any atom is -0.546 e. The molecule has 2 heterocycles. The highest BCUT2D eigenvalue weighted by Crippen LogP contribution is 2.36. The van der Waals surface area contributed by atoms with Crippen molar-refractivity contribution in [1.82, 2.24) is 8.75 Å². The van der Waals surface area contributed by atoms with Gasteiger partial charge in [0, 0.05) is 18.5 Å². The predicted octanol–water partition coefficient (Wildman–Crippen LogP) is 4.62. The van der Waals surface area contributed by atoms with E-state index in [9.17, 15) is 9.66 Å². The van der Waals surface area contributed by atoms with E-state index in [-0.39, 0.29) is 28.9 Å². The zero-order valence-electron chi connectivity index (χ0n) is 14.7. The van der Waals surface area contributed by atoms with E-state index in [4.69, 9.17) is 5.26 Å². The van der Waals surface area contributed by atoms with Crippen LogP contribution in [0.4, 0.5) is 17.3 Å². The van der Waals surface area contributed by atoms with E-state index in [1.807, 2.05) is 32.0 Å². The van der Waals surface area contributed by atoms with Gasteiger partial charge in [0.1, 0.15) is 6.07 Å². The number of anilines is 3. The summed E-state index contributed by atoms with van der Waals surface area (Å²) in [6, 6.07) is 10.4. The van der Waals surface area contributed by atoms with Gasteiger partial charge in [-0.05, 0) is 38.1 Å². The number of rotatable bonds is 6. The Hall–Kier alpha value is -2.93. The first-order valence-electron chi connectivity index (χ1n) is 7.96. The minimum atomic E-state index is -1.77. The van der Waals surface area contributed by atoms with Crippen LogP contribution in [-0.2, 0) is 0 Å². The van der Waals surface area contributed by atoms with Gasteiger partial charge in [-0.15, -0.1) is 11.3 Å². The van der Waals surface area contributed by atoms with Gasteiger partial charge in [0.25, 0.3) is 0 Å². The third kappa shape index (κ3) is 4.09. The second-order valence-corrected chi connectivity index (χ2v) is 8.07. The number of hydrogen-bond acceptors (Lipinski definition) is 8. The van der Waals surface area contributed by atoms with Crippen LogP contribution in [0.5, 0.6) is 5.75 Å². The van der Waals surface area contributed by atoms with Crippen molar-refractivity contribution in [2.24, 2.45) is 0 Å². The van der Waals surface area contributed by atoms with Crippen molar-refractivity contribution < 1.29 is 9.66 Å². The minimum absolute atomic E-state index is 0.125. The molecule has 2 unspecified atom stereocenters. The largest absolute Gasteiger partial charge is 0.546 e. The van der Waals surface area contributed by atoms with Crippen LogP contribution in [0.2, 0.25) is 0 Å². The fourth-order valence-corrected chi connectivity index (χ4v) is 4.13. The lowest BCUT2D eigenvalue weighted by Crippen LogP contribution is -2.11. The van der Waals surface area contributed by atoms with Crippen molar-refractivity contribution in [3.63, 3.8) is 0 Å². The van der Waals surface area contributed by atoms with E-state index in [1.165, 1.54) is 10.9 Å². The van der Waals surface area contributed by atoms with Gasteiger partial charge < -0.3 is 20.3 Å². The van der Waals surface area contributed by atoms with E-state index in [2.05, 4.69) is 26.0 Å². The highest BCUT2D eigenvalue weighted by atomic mass is 32.2. The maximum Gasteiger partial charge on any atom is 0.237 e. The molecule has 0 spiro atoms. The number of nitrogens with zero attached hydrogens (tertiary/aromatic N) is 3. The van der Waals surface area contributed by atoms with Gasteiger partial charge in [0.05, 0.1) is 17.3 Å². The number of para-hydroxylation sites is 1. The van der Waals surface area contributed by atoms with Crippen LogP contribution in [0.15, 0.2) is 42.5 Å². The van der Waals surface area contributed by atoms with Crippen molar-refractivity contribution in [2.45, 2.75) is 19.9 Å². The molecule has 0 saturated carbocycles. The van der Waals surface area contributed by atoms with Gasteiger partial charge in [0.2, 0.25) is 11.6 Å². The van der Waals surface area contributed by atoms with Crippen molar-refractivity contribution in [3.8, 4) is 11.8 Å². The number of aromatic hydroxyl groups is 1. The molecule has 9 heteroatoms. The normalized spacial score (nSPS) is 12.3. The highest BCUT2D eigenvalue weighted by molar-refractivity contribution is 7.14. The molecule has 0 aliphatic carbocycles. The highest BCUT2D eigenvalue weighted by Gasteiger charge is 2.23. The monoisotopic (exact) mass is 399 g/mol. The number of phenolic OH excluding ortho intramolecular Hbond substituents is 1. The van der Waals surface area contributed by atoms with Crippen molar-refractivity contribution in [2.75, 3.05) is 10.6 Å². The lowest BCUT2D eigenvalue weighted by atomic mass is 10.1. The van der Waals surface area contributed by atoms with Crippen LogP contribution < -0.4 is 10.6 Å². The summed E-state index contributed by atoms with van der Waals surface area (Å²) in [5, 5.41) is 25.3. The van der Waals surface area contributed by atoms with E-state index in [1.54, 1.807) is 23.5 Å². The molecular formula is C18H17N5O2S2. The lowest BCUT2D eigenvalue weighted by Gasteiger charge is -2.17. The quantitative estimate of drug-likeness (QED) is 0.314. The number of aryl methyl sites for hydroxylation is 1. The molecule has 3 rings (SSSR count). The van der Waals surface area contributed by atoms with E-state index < -0.39 is 11.1 Å². The smallest absolute Gasteiger partial charge is 0.237 e. The number of aromatic nitrogens is 2. The molecular weight excluding hydrogens is 382 g/mol. The molecule has 138 valence electrons. The van der Waals surface area contributed by atoms with E-state index >= 15 is 0 Å². The van der Waals surface area contributed by atoms with Gasteiger partial charge in [-0.25, -0.2) is 0 Å². The average Bonchev–Trinajstić information content (AvgIpc) is 3.19.